The number of aliphatic carboxylic acids is 1. The fourth-order valence-corrected chi connectivity index (χ4v) is 3.65. The first-order valence-electron chi connectivity index (χ1n) is 7.00. The number of carboxylic acid groups (broad SMARTS) is 1. The van der Waals surface area contributed by atoms with Crippen molar-refractivity contribution < 1.29 is 14.6 Å². The van der Waals surface area contributed by atoms with E-state index in [-0.39, 0.29) is 0 Å². The van der Waals surface area contributed by atoms with Gasteiger partial charge in [0.05, 0.1) is 12.0 Å². The summed E-state index contributed by atoms with van der Waals surface area (Å²) in [5, 5.41) is 9.62. The van der Waals surface area contributed by atoms with E-state index in [0.717, 1.165) is 38.2 Å². The minimum Gasteiger partial charge on any atom is -0.481 e. The average molecular weight is 240 g/mol. The molecule has 2 aliphatic rings. The summed E-state index contributed by atoms with van der Waals surface area (Å²) in [5.74, 6) is 0.435. The number of carboxylic acids is 1. The van der Waals surface area contributed by atoms with Crippen LogP contribution >= 0.6 is 0 Å². The molecule has 1 heterocycles. The van der Waals surface area contributed by atoms with E-state index < -0.39 is 11.4 Å². The molecule has 1 aliphatic carbocycles. The highest BCUT2D eigenvalue weighted by Gasteiger charge is 2.48. The summed E-state index contributed by atoms with van der Waals surface area (Å²) in [6, 6.07) is 0. The minimum absolute atomic E-state index is 0.332. The fraction of sp³-hybridized carbons (Fsp3) is 0.929. The third-order valence-corrected chi connectivity index (χ3v) is 4.84. The molecule has 1 saturated heterocycles. The molecule has 0 aromatic heterocycles. The molecule has 1 aliphatic heterocycles. The van der Waals surface area contributed by atoms with Gasteiger partial charge in [-0.3, -0.25) is 4.79 Å². The van der Waals surface area contributed by atoms with Gasteiger partial charge in [-0.25, -0.2) is 0 Å². The number of ether oxygens (including phenoxy) is 1. The third kappa shape index (κ3) is 2.49. The van der Waals surface area contributed by atoms with Gasteiger partial charge in [0, 0.05) is 6.61 Å². The van der Waals surface area contributed by atoms with E-state index in [1.807, 2.05) is 0 Å². The molecule has 0 aromatic rings. The maximum Gasteiger partial charge on any atom is 0.312 e. The van der Waals surface area contributed by atoms with Crippen LogP contribution in [0.15, 0.2) is 0 Å². The predicted octanol–water partition coefficient (Wildman–Crippen LogP) is 3.08. The van der Waals surface area contributed by atoms with Gasteiger partial charge in [-0.05, 0) is 37.5 Å². The molecule has 0 amide bonds. The average Bonchev–Trinajstić information content (AvgIpc) is 2.39. The van der Waals surface area contributed by atoms with Crippen molar-refractivity contribution in [2.24, 2.45) is 17.3 Å². The second kappa shape index (κ2) is 5.38. The Labute approximate surface area is 104 Å². The second-order valence-electron chi connectivity index (χ2n) is 5.76. The molecule has 3 heteroatoms. The van der Waals surface area contributed by atoms with Crippen molar-refractivity contribution in [2.75, 3.05) is 13.2 Å². The van der Waals surface area contributed by atoms with Gasteiger partial charge in [0.15, 0.2) is 0 Å². The zero-order chi connectivity index (χ0) is 12.3. The zero-order valence-corrected chi connectivity index (χ0v) is 10.8. The highest BCUT2D eigenvalue weighted by molar-refractivity contribution is 5.75. The Balaban J connectivity index is 2.12. The molecule has 0 spiro atoms. The second-order valence-corrected chi connectivity index (χ2v) is 5.76. The highest BCUT2D eigenvalue weighted by Crippen LogP contribution is 2.46. The SMILES string of the molecule is CCC1CCCC(C2(C(=O)O)CCCOC2)C1. The molecular weight excluding hydrogens is 216 g/mol. The molecule has 1 saturated carbocycles. The molecule has 3 atom stereocenters. The Hall–Kier alpha value is -0.570. The topological polar surface area (TPSA) is 46.5 Å². The van der Waals surface area contributed by atoms with E-state index in [1.165, 1.54) is 19.3 Å². The van der Waals surface area contributed by atoms with Crippen molar-refractivity contribution in [1.82, 2.24) is 0 Å². The van der Waals surface area contributed by atoms with Crippen LogP contribution in [0.1, 0.15) is 51.9 Å². The molecule has 3 nitrogen and oxygen atoms in total. The molecule has 17 heavy (non-hydrogen) atoms. The Kier molecular flexibility index (Phi) is 4.08. The molecule has 0 radical (unpaired) electrons. The quantitative estimate of drug-likeness (QED) is 0.824. The van der Waals surface area contributed by atoms with Gasteiger partial charge in [-0.15, -0.1) is 0 Å². The number of hydrogen-bond donors (Lipinski definition) is 1. The molecule has 2 rings (SSSR count). The van der Waals surface area contributed by atoms with Gasteiger partial charge >= 0.3 is 5.97 Å². The van der Waals surface area contributed by atoms with E-state index in [1.54, 1.807) is 0 Å². The maximum atomic E-state index is 11.7. The lowest BCUT2D eigenvalue weighted by atomic mass is 9.63. The standard InChI is InChI=1S/C14H24O3/c1-2-11-5-3-6-12(9-11)14(13(15)16)7-4-8-17-10-14/h11-12H,2-10H2,1H3,(H,15,16). The van der Waals surface area contributed by atoms with Gasteiger partial charge < -0.3 is 9.84 Å². The maximum absolute atomic E-state index is 11.7. The first-order chi connectivity index (χ1) is 8.19. The fourth-order valence-electron chi connectivity index (χ4n) is 3.65. The van der Waals surface area contributed by atoms with Gasteiger partial charge in [0.2, 0.25) is 0 Å². The molecule has 3 unspecified atom stereocenters. The van der Waals surface area contributed by atoms with Crippen LogP contribution in [-0.2, 0) is 9.53 Å². The van der Waals surface area contributed by atoms with E-state index in [9.17, 15) is 9.90 Å². The Bertz CT molecular complexity index is 269. The number of carbonyl (C=O) groups is 1. The first kappa shape index (κ1) is 12.9. The Morgan fingerprint density at radius 2 is 2.24 bits per heavy atom. The largest absolute Gasteiger partial charge is 0.481 e. The zero-order valence-electron chi connectivity index (χ0n) is 10.8. The van der Waals surface area contributed by atoms with Gasteiger partial charge in [-0.1, -0.05) is 26.2 Å². The van der Waals surface area contributed by atoms with Crippen LogP contribution < -0.4 is 0 Å². The van der Waals surface area contributed by atoms with Crippen LogP contribution in [0, 0.1) is 17.3 Å². The summed E-state index contributed by atoms with van der Waals surface area (Å²) in [7, 11) is 0. The van der Waals surface area contributed by atoms with Crippen LogP contribution in [0.2, 0.25) is 0 Å². The van der Waals surface area contributed by atoms with Crippen molar-refractivity contribution in [1.29, 1.82) is 0 Å². The normalized spacial score (nSPS) is 38.9. The summed E-state index contributed by atoms with van der Waals surface area (Å²) in [4.78, 5) is 11.7. The van der Waals surface area contributed by atoms with Gasteiger partial charge in [0.1, 0.15) is 0 Å². The van der Waals surface area contributed by atoms with Crippen LogP contribution in [-0.4, -0.2) is 24.3 Å². The Morgan fingerprint density at radius 3 is 2.82 bits per heavy atom. The third-order valence-electron chi connectivity index (χ3n) is 4.84. The summed E-state index contributed by atoms with van der Waals surface area (Å²) >= 11 is 0. The van der Waals surface area contributed by atoms with E-state index in [2.05, 4.69) is 6.92 Å². The Morgan fingerprint density at radius 1 is 1.41 bits per heavy atom. The van der Waals surface area contributed by atoms with Crippen LogP contribution in [0.3, 0.4) is 0 Å². The summed E-state index contributed by atoms with van der Waals surface area (Å²) in [5.41, 5.74) is -0.577. The van der Waals surface area contributed by atoms with Gasteiger partial charge in [-0.2, -0.15) is 0 Å². The molecule has 98 valence electrons. The van der Waals surface area contributed by atoms with Crippen LogP contribution in [0.25, 0.3) is 0 Å². The smallest absolute Gasteiger partial charge is 0.312 e. The van der Waals surface area contributed by atoms with E-state index in [0.29, 0.717) is 12.5 Å². The molecule has 2 fully saturated rings. The first-order valence-corrected chi connectivity index (χ1v) is 7.00. The number of rotatable bonds is 3. The van der Waals surface area contributed by atoms with Crippen LogP contribution in [0.4, 0.5) is 0 Å². The summed E-state index contributed by atoms with van der Waals surface area (Å²) < 4.78 is 5.49. The lowest BCUT2D eigenvalue weighted by molar-refractivity contribution is -0.165. The summed E-state index contributed by atoms with van der Waals surface area (Å²) in [6.07, 6.45) is 7.54. The van der Waals surface area contributed by atoms with Crippen molar-refractivity contribution in [3.05, 3.63) is 0 Å². The molecule has 0 bridgehead atoms. The van der Waals surface area contributed by atoms with E-state index in [4.69, 9.17) is 4.74 Å². The molecular formula is C14H24O3. The molecule has 0 aromatic carbocycles. The van der Waals surface area contributed by atoms with Crippen molar-refractivity contribution in [2.45, 2.75) is 51.9 Å². The lowest BCUT2D eigenvalue weighted by Crippen LogP contribution is -2.47. The lowest BCUT2D eigenvalue weighted by Gasteiger charge is -2.43. The molecule has 1 N–H and O–H groups in total. The predicted molar refractivity (Wildman–Crippen MR) is 65.9 cm³/mol. The highest BCUT2D eigenvalue weighted by atomic mass is 16.5. The van der Waals surface area contributed by atoms with Gasteiger partial charge in [0.25, 0.3) is 0 Å². The van der Waals surface area contributed by atoms with Crippen molar-refractivity contribution >= 4 is 5.97 Å². The van der Waals surface area contributed by atoms with Crippen molar-refractivity contribution in [3.63, 3.8) is 0 Å². The van der Waals surface area contributed by atoms with E-state index >= 15 is 0 Å². The van der Waals surface area contributed by atoms with Crippen LogP contribution in [0.5, 0.6) is 0 Å². The summed E-state index contributed by atoms with van der Waals surface area (Å²) in [6.45, 7) is 3.39. The minimum atomic E-state index is -0.626. The number of hydrogen-bond acceptors (Lipinski definition) is 2. The van der Waals surface area contributed by atoms with Crippen molar-refractivity contribution in [3.8, 4) is 0 Å². The monoisotopic (exact) mass is 240 g/mol.